The van der Waals surface area contributed by atoms with Gasteiger partial charge < -0.3 is 29.3 Å². The molecule has 10 heteroatoms. The Morgan fingerprint density at radius 2 is 1.69 bits per heavy atom. The van der Waals surface area contributed by atoms with Crippen molar-refractivity contribution in [2.75, 3.05) is 43.2 Å². The summed E-state index contributed by atoms with van der Waals surface area (Å²) in [6.45, 7) is 8.16. The number of carbonyl (C=O) groups excluding carboxylic acids is 3. The van der Waals surface area contributed by atoms with Crippen LogP contribution < -0.4 is 14.5 Å². The van der Waals surface area contributed by atoms with Gasteiger partial charge in [0.25, 0.3) is 5.91 Å². The second-order valence-electron chi connectivity index (χ2n) is 10.8. The number of aliphatic hydroxyl groups is 1. The van der Waals surface area contributed by atoms with Gasteiger partial charge in [0, 0.05) is 42.4 Å². The van der Waals surface area contributed by atoms with Crippen LogP contribution in [0.25, 0.3) is 0 Å². The topological polar surface area (TPSA) is 99.6 Å². The van der Waals surface area contributed by atoms with E-state index in [-0.39, 0.29) is 55.2 Å². The molecular weight excluding hydrogens is 602 g/mol. The van der Waals surface area contributed by atoms with Gasteiger partial charge in [-0.3, -0.25) is 14.4 Å². The van der Waals surface area contributed by atoms with E-state index >= 15 is 0 Å². The van der Waals surface area contributed by atoms with Gasteiger partial charge in [0.15, 0.2) is 0 Å². The van der Waals surface area contributed by atoms with Gasteiger partial charge in [-0.15, -0.1) is 13.2 Å². The third-order valence-corrected chi connectivity index (χ3v) is 9.32. The highest BCUT2D eigenvalue weighted by atomic mass is 79.9. The number of anilines is 2. The number of methoxy groups -OCH3 is 1. The molecule has 2 aromatic rings. The molecule has 9 nitrogen and oxygen atoms in total. The number of nitrogens with zero attached hydrogens (tertiary/aromatic N) is 3. The van der Waals surface area contributed by atoms with Gasteiger partial charge in [-0.2, -0.15) is 0 Å². The average molecular weight is 639 g/mol. The van der Waals surface area contributed by atoms with Crippen molar-refractivity contribution in [3.8, 4) is 5.75 Å². The van der Waals surface area contributed by atoms with Crippen LogP contribution in [0.1, 0.15) is 12.8 Å². The molecule has 2 bridgehead atoms. The molecule has 0 radical (unpaired) electrons. The second kappa shape index (κ2) is 12.4. The molecule has 0 aromatic heterocycles. The minimum absolute atomic E-state index is 0.148. The molecule has 3 saturated heterocycles. The Labute approximate surface area is 254 Å². The fourth-order valence-electron chi connectivity index (χ4n) is 6.77. The number of benzene rings is 2. The standard InChI is InChI=1S/C32H36BrN3O6/c1-4-16-34(21-10-7-6-8-11-21)29(38)25-26-30(39)36(18-9-19-37)28(32(26)20-24(33)27(25)42-32)31(40)35(17-5-2)22-12-14-23(41-3)15-13-22/h4-8,10-15,24-28,37H,1-2,9,16-20H2,3H3/t24?,25-,26-,27-,28?,32?/m0/s1. The molecule has 1 spiro atoms. The summed E-state index contributed by atoms with van der Waals surface area (Å²) in [6.07, 6.45) is 3.37. The monoisotopic (exact) mass is 637 g/mol. The third-order valence-electron chi connectivity index (χ3n) is 8.47. The first kappa shape index (κ1) is 30.0. The Balaban J connectivity index is 1.57. The van der Waals surface area contributed by atoms with Crippen molar-refractivity contribution < 1.29 is 29.0 Å². The number of likely N-dealkylation sites (tertiary alicyclic amines) is 1. The highest BCUT2D eigenvalue weighted by molar-refractivity contribution is 9.09. The lowest BCUT2D eigenvalue weighted by molar-refractivity contribution is -0.140. The minimum Gasteiger partial charge on any atom is -0.497 e. The molecule has 5 rings (SSSR count). The van der Waals surface area contributed by atoms with Gasteiger partial charge in [-0.25, -0.2) is 0 Å². The van der Waals surface area contributed by atoms with Crippen LogP contribution >= 0.6 is 15.9 Å². The van der Waals surface area contributed by atoms with E-state index in [0.29, 0.717) is 23.5 Å². The molecule has 3 amide bonds. The molecule has 3 unspecified atom stereocenters. The fourth-order valence-corrected chi connectivity index (χ4v) is 7.72. The number of para-hydroxylation sites is 1. The Morgan fingerprint density at radius 3 is 2.29 bits per heavy atom. The predicted molar refractivity (Wildman–Crippen MR) is 164 cm³/mol. The first-order chi connectivity index (χ1) is 20.3. The number of rotatable bonds is 12. The van der Waals surface area contributed by atoms with Crippen LogP contribution in [-0.2, 0) is 19.1 Å². The van der Waals surface area contributed by atoms with E-state index in [0.717, 1.165) is 0 Å². The Hall–Kier alpha value is -3.47. The minimum atomic E-state index is -1.22. The molecule has 3 heterocycles. The highest BCUT2D eigenvalue weighted by Crippen LogP contribution is 2.60. The number of aliphatic hydroxyl groups excluding tert-OH is 1. The molecule has 0 saturated carbocycles. The maximum Gasteiger partial charge on any atom is 0.253 e. The van der Waals surface area contributed by atoms with E-state index in [2.05, 4.69) is 29.1 Å². The van der Waals surface area contributed by atoms with Crippen LogP contribution in [0.2, 0.25) is 0 Å². The van der Waals surface area contributed by atoms with E-state index in [1.54, 1.807) is 53.3 Å². The molecular formula is C32H36BrN3O6. The zero-order valence-corrected chi connectivity index (χ0v) is 25.2. The Kier molecular flexibility index (Phi) is 8.86. The molecule has 222 valence electrons. The van der Waals surface area contributed by atoms with Crippen LogP contribution in [-0.4, -0.2) is 83.7 Å². The maximum atomic E-state index is 14.6. The first-order valence-corrected chi connectivity index (χ1v) is 15.0. The highest BCUT2D eigenvalue weighted by Gasteiger charge is 2.76. The van der Waals surface area contributed by atoms with Gasteiger partial charge >= 0.3 is 0 Å². The quantitative estimate of drug-likeness (QED) is 0.282. The molecule has 1 N–H and O–H groups in total. The lowest BCUT2D eigenvalue weighted by Crippen LogP contribution is -2.57. The van der Waals surface area contributed by atoms with E-state index in [1.807, 2.05) is 30.3 Å². The van der Waals surface area contributed by atoms with Gasteiger partial charge in [-0.05, 0) is 49.2 Å². The zero-order chi connectivity index (χ0) is 30.0. The SMILES string of the molecule is C=CCN(C(=O)C1N(CCCO)C(=O)[C@@H]2[C@H](C(=O)N(CC=C)c3ccccc3)[C@H]3OC12CC3Br)c1ccc(OC)cc1. The summed E-state index contributed by atoms with van der Waals surface area (Å²) in [5.41, 5.74) is 0.0923. The molecule has 3 fully saturated rings. The van der Waals surface area contributed by atoms with E-state index in [9.17, 15) is 19.5 Å². The van der Waals surface area contributed by atoms with Crippen molar-refractivity contribution in [2.45, 2.75) is 35.4 Å². The lowest BCUT2D eigenvalue weighted by Gasteiger charge is -2.37. The number of hydrogen-bond donors (Lipinski definition) is 1. The normalized spacial score (nSPS) is 27.5. The van der Waals surface area contributed by atoms with Gasteiger partial charge in [0.2, 0.25) is 11.8 Å². The van der Waals surface area contributed by atoms with Crippen LogP contribution in [0.15, 0.2) is 79.9 Å². The van der Waals surface area contributed by atoms with Crippen molar-refractivity contribution in [1.82, 2.24) is 4.90 Å². The van der Waals surface area contributed by atoms with Gasteiger partial charge in [-0.1, -0.05) is 46.3 Å². The van der Waals surface area contributed by atoms with E-state index in [4.69, 9.17) is 9.47 Å². The number of carbonyl (C=O) groups is 3. The van der Waals surface area contributed by atoms with Crippen LogP contribution in [0.3, 0.4) is 0 Å². The third kappa shape index (κ3) is 4.95. The molecule has 42 heavy (non-hydrogen) atoms. The largest absolute Gasteiger partial charge is 0.497 e. The van der Waals surface area contributed by atoms with Crippen molar-refractivity contribution >= 4 is 45.0 Å². The second-order valence-corrected chi connectivity index (χ2v) is 12.0. The van der Waals surface area contributed by atoms with Crippen LogP contribution in [0, 0.1) is 11.8 Å². The van der Waals surface area contributed by atoms with E-state index < -0.39 is 29.6 Å². The van der Waals surface area contributed by atoms with Crippen LogP contribution in [0.4, 0.5) is 11.4 Å². The Bertz CT molecular complexity index is 1340. The van der Waals surface area contributed by atoms with Crippen LogP contribution in [0.5, 0.6) is 5.75 Å². The number of ether oxygens (including phenoxy) is 2. The van der Waals surface area contributed by atoms with Crippen molar-refractivity contribution in [1.29, 1.82) is 0 Å². The summed E-state index contributed by atoms with van der Waals surface area (Å²) in [6, 6.07) is 15.4. The van der Waals surface area contributed by atoms with Crippen molar-refractivity contribution in [3.05, 3.63) is 79.9 Å². The van der Waals surface area contributed by atoms with Crippen molar-refractivity contribution in [3.63, 3.8) is 0 Å². The molecule has 6 atom stereocenters. The fraction of sp³-hybridized carbons (Fsp3) is 0.406. The van der Waals surface area contributed by atoms with E-state index in [1.165, 1.54) is 4.90 Å². The molecule has 3 aliphatic heterocycles. The summed E-state index contributed by atoms with van der Waals surface area (Å²) in [5.74, 6) is -1.89. The average Bonchev–Trinajstić information content (AvgIpc) is 3.60. The number of hydrogen-bond acceptors (Lipinski definition) is 6. The van der Waals surface area contributed by atoms with Gasteiger partial charge in [0.05, 0.1) is 25.0 Å². The molecule has 0 aliphatic carbocycles. The summed E-state index contributed by atoms with van der Waals surface area (Å²) >= 11 is 3.74. The summed E-state index contributed by atoms with van der Waals surface area (Å²) in [5, 5.41) is 9.66. The smallest absolute Gasteiger partial charge is 0.253 e. The summed E-state index contributed by atoms with van der Waals surface area (Å²) in [4.78, 5) is 47.6. The van der Waals surface area contributed by atoms with Gasteiger partial charge in [0.1, 0.15) is 17.4 Å². The zero-order valence-electron chi connectivity index (χ0n) is 23.6. The number of amides is 3. The molecule has 3 aliphatic rings. The molecule has 2 aromatic carbocycles. The lowest BCUT2D eigenvalue weighted by atomic mass is 9.70. The summed E-state index contributed by atoms with van der Waals surface area (Å²) < 4.78 is 12.0. The number of alkyl halides is 1. The number of halogens is 1. The first-order valence-electron chi connectivity index (χ1n) is 14.1. The predicted octanol–water partition coefficient (Wildman–Crippen LogP) is 3.56. The summed E-state index contributed by atoms with van der Waals surface area (Å²) in [7, 11) is 1.57. The number of fused-ring (bicyclic) bond motifs is 1. The maximum absolute atomic E-state index is 14.6. The van der Waals surface area contributed by atoms with Crippen molar-refractivity contribution in [2.24, 2.45) is 11.8 Å². The Morgan fingerprint density at radius 1 is 1.07 bits per heavy atom.